The molecule has 5 nitrogen and oxygen atoms in total. The first-order valence-electron chi connectivity index (χ1n) is 6.57. The van der Waals surface area contributed by atoms with Crippen LogP contribution in [0.25, 0.3) is 0 Å². The van der Waals surface area contributed by atoms with Gasteiger partial charge in [-0.2, -0.15) is 4.98 Å². The van der Waals surface area contributed by atoms with Crippen molar-refractivity contribution in [3.63, 3.8) is 0 Å². The Bertz CT molecular complexity index is 482. The molecule has 0 saturated carbocycles. The molecule has 0 spiro atoms. The molecule has 0 unspecified atom stereocenters. The van der Waals surface area contributed by atoms with Gasteiger partial charge in [0, 0.05) is 12.7 Å². The number of nitrogens with zero attached hydrogens (tertiary/aromatic N) is 2. The van der Waals surface area contributed by atoms with Crippen LogP contribution in [0.3, 0.4) is 0 Å². The van der Waals surface area contributed by atoms with Gasteiger partial charge in [0.25, 0.3) is 0 Å². The smallest absolute Gasteiger partial charge is 0.224 e. The molecule has 2 rings (SSSR count). The molecule has 0 aliphatic rings. The third-order valence-electron chi connectivity index (χ3n) is 2.68. The Balaban J connectivity index is 1.84. The predicted octanol–water partition coefficient (Wildman–Crippen LogP) is 3.14. The van der Waals surface area contributed by atoms with Gasteiger partial charge in [-0.25, -0.2) is 4.98 Å². The van der Waals surface area contributed by atoms with Gasteiger partial charge in [-0.1, -0.05) is 13.8 Å². The molecule has 2 aromatic heterocycles. The van der Waals surface area contributed by atoms with Crippen molar-refractivity contribution in [3.05, 3.63) is 36.4 Å². The van der Waals surface area contributed by atoms with Crippen molar-refractivity contribution in [1.82, 2.24) is 9.97 Å². The second kappa shape index (κ2) is 6.78. The number of aromatic nitrogens is 2. The van der Waals surface area contributed by atoms with Crippen molar-refractivity contribution < 1.29 is 4.42 Å². The molecule has 5 heteroatoms. The maximum atomic E-state index is 5.26. The monoisotopic (exact) mass is 260 g/mol. The number of hydrogen-bond acceptors (Lipinski definition) is 5. The van der Waals surface area contributed by atoms with Crippen LogP contribution < -0.4 is 10.6 Å². The van der Waals surface area contributed by atoms with Gasteiger partial charge in [-0.3, -0.25) is 0 Å². The molecule has 0 radical (unpaired) electrons. The largest absolute Gasteiger partial charge is 0.467 e. The molecule has 102 valence electrons. The number of anilines is 2. The summed E-state index contributed by atoms with van der Waals surface area (Å²) in [5, 5.41) is 6.43. The Morgan fingerprint density at radius 2 is 2.16 bits per heavy atom. The summed E-state index contributed by atoms with van der Waals surface area (Å²) in [7, 11) is 0. The van der Waals surface area contributed by atoms with E-state index in [9.17, 15) is 0 Å². The Morgan fingerprint density at radius 3 is 2.89 bits per heavy atom. The van der Waals surface area contributed by atoms with E-state index in [4.69, 9.17) is 4.42 Å². The lowest BCUT2D eigenvalue weighted by Gasteiger charge is -2.08. The van der Waals surface area contributed by atoms with E-state index < -0.39 is 0 Å². The summed E-state index contributed by atoms with van der Waals surface area (Å²) in [6, 6.07) is 5.64. The fraction of sp³-hybridized carbons (Fsp3) is 0.429. The summed E-state index contributed by atoms with van der Waals surface area (Å²) >= 11 is 0. The van der Waals surface area contributed by atoms with Gasteiger partial charge in [0.15, 0.2) is 0 Å². The van der Waals surface area contributed by atoms with Crippen molar-refractivity contribution in [3.8, 4) is 0 Å². The quantitative estimate of drug-likeness (QED) is 0.800. The van der Waals surface area contributed by atoms with Gasteiger partial charge >= 0.3 is 0 Å². The van der Waals surface area contributed by atoms with Crippen LogP contribution in [-0.2, 0) is 6.54 Å². The van der Waals surface area contributed by atoms with E-state index in [2.05, 4.69) is 34.4 Å². The minimum Gasteiger partial charge on any atom is -0.467 e. The molecule has 0 amide bonds. The third-order valence-corrected chi connectivity index (χ3v) is 2.68. The highest BCUT2D eigenvalue weighted by molar-refractivity contribution is 5.39. The molecular formula is C14H20N4O. The minimum atomic E-state index is 0.620. The molecule has 0 saturated heterocycles. The minimum absolute atomic E-state index is 0.620. The topological polar surface area (TPSA) is 63.0 Å². The maximum absolute atomic E-state index is 5.26. The number of furan rings is 1. The first kappa shape index (κ1) is 13.4. The predicted molar refractivity (Wildman–Crippen MR) is 76.0 cm³/mol. The highest BCUT2D eigenvalue weighted by atomic mass is 16.3. The number of hydrogen-bond donors (Lipinski definition) is 2. The van der Waals surface area contributed by atoms with Crippen LogP contribution in [0.5, 0.6) is 0 Å². The zero-order chi connectivity index (χ0) is 13.5. The van der Waals surface area contributed by atoms with Crippen LogP contribution in [0, 0.1) is 5.92 Å². The van der Waals surface area contributed by atoms with Crippen molar-refractivity contribution in [2.45, 2.75) is 26.8 Å². The van der Waals surface area contributed by atoms with Crippen LogP contribution >= 0.6 is 0 Å². The molecule has 0 bridgehead atoms. The molecule has 0 aliphatic heterocycles. The second-order valence-electron chi connectivity index (χ2n) is 4.81. The summed E-state index contributed by atoms with van der Waals surface area (Å²) < 4.78 is 5.26. The Labute approximate surface area is 113 Å². The van der Waals surface area contributed by atoms with Gasteiger partial charge in [-0.15, -0.1) is 0 Å². The molecular weight excluding hydrogens is 240 g/mol. The molecule has 2 heterocycles. The van der Waals surface area contributed by atoms with Crippen molar-refractivity contribution in [2.75, 3.05) is 17.2 Å². The van der Waals surface area contributed by atoms with Crippen LogP contribution in [0.4, 0.5) is 11.8 Å². The standard InChI is InChI=1S/C14H20N4O/c1-11(2)5-7-15-14-16-8-6-13(18-14)17-10-12-4-3-9-19-12/h3-4,6,8-9,11H,5,7,10H2,1-2H3,(H2,15,16,17,18). The summed E-state index contributed by atoms with van der Waals surface area (Å²) in [5.74, 6) is 3.00. The summed E-state index contributed by atoms with van der Waals surface area (Å²) in [6.45, 7) is 5.91. The first-order valence-corrected chi connectivity index (χ1v) is 6.57. The highest BCUT2D eigenvalue weighted by Crippen LogP contribution is 2.09. The molecule has 2 N–H and O–H groups in total. The van der Waals surface area contributed by atoms with Gasteiger partial charge in [0.2, 0.25) is 5.95 Å². The zero-order valence-electron chi connectivity index (χ0n) is 11.4. The fourth-order valence-corrected chi connectivity index (χ4v) is 1.61. The van der Waals surface area contributed by atoms with Crippen LogP contribution in [0.15, 0.2) is 35.1 Å². The lowest BCUT2D eigenvalue weighted by atomic mass is 10.1. The zero-order valence-corrected chi connectivity index (χ0v) is 11.4. The van der Waals surface area contributed by atoms with Crippen LogP contribution in [0.1, 0.15) is 26.0 Å². The molecule has 0 atom stereocenters. The Hall–Kier alpha value is -2.04. The third kappa shape index (κ3) is 4.62. The lowest BCUT2D eigenvalue weighted by Crippen LogP contribution is -2.09. The van der Waals surface area contributed by atoms with Gasteiger partial charge in [0.1, 0.15) is 11.6 Å². The van der Waals surface area contributed by atoms with Gasteiger partial charge in [-0.05, 0) is 30.5 Å². The lowest BCUT2D eigenvalue weighted by molar-refractivity contribution is 0.518. The Kier molecular flexibility index (Phi) is 4.78. The van der Waals surface area contributed by atoms with Crippen LogP contribution in [0.2, 0.25) is 0 Å². The van der Waals surface area contributed by atoms with Gasteiger partial charge in [0.05, 0.1) is 12.8 Å². The Morgan fingerprint density at radius 1 is 1.26 bits per heavy atom. The van der Waals surface area contributed by atoms with Crippen LogP contribution in [-0.4, -0.2) is 16.5 Å². The van der Waals surface area contributed by atoms with E-state index in [1.165, 1.54) is 0 Å². The van der Waals surface area contributed by atoms with Crippen molar-refractivity contribution in [1.29, 1.82) is 0 Å². The summed E-state index contributed by atoms with van der Waals surface area (Å²) in [4.78, 5) is 8.59. The van der Waals surface area contributed by atoms with Gasteiger partial charge < -0.3 is 15.1 Å². The maximum Gasteiger partial charge on any atom is 0.224 e. The first-order chi connectivity index (χ1) is 9.24. The van der Waals surface area contributed by atoms with E-state index >= 15 is 0 Å². The van der Waals surface area contributed by atoms with Crippen molar-refractivity contribution >= 4 is 11.8 Å². The summed E-state index contributed by atoms with van der Waals surface area (Å²) in [5.41, 5.74) is 0. The van der Waals surface area contributed by atoms with E-state index in [-0.39, 0.29) is 0 Å². The summed E-state index contributed by atoms with van der Waals surface area (Å²) in [6.07, 6.45) is 4.51. The average Bonchev–Trinajstić information content (AvgIpc) is 2.89. The molecule has 19 heavy (non-hydrogen) atoms. The fourth-order valence-electron chi connectivity index (χ4n) is 1.61. The number of rotatable bonds is 7. The number of nitrogens with one attached hydrogen (secondary N) is 2. The van der Waals surface area contributed by atoms with E-state index in [1.54, 1.807) is 12.5 Å². The molecule has 0 aliphatic carbocycles. The second-order valence-corrected chi connectivity index (χ2v) is 4.81. The normalized spacial score (nSPS) is 10.7. The van der Waals surface area contributed by atoms with E-state index in [0.717, 1.165) is 24.5 Å². The van der Waals surface area contributed by atoms with E-state index in [1.807, 2.05) is 18.2 Å². The van der Waals surface area contributed by atoms with E-state index in [0.29, 0.717) is 18.4 Å². The average molecular weight is 260 g/mol. The molecule has 2 aromatic rings. The SMILES string of the molecule is CC(C)CCNc1nccc(NCc2ccco2)n1. The van der Waals surface area contributed by atoms with Crippen molar-refractivity contribution in [2.24, 2.45) is 5.92 Å². The molecule has 0 aromatic carbocycles. The molecule has 0 fully saturated rings. The highest BCUT2D eigenvalue weighted by Gasteiger charge is 2.01.